The molecule has 1 aromatic rings. The number of carbonyl (C=O) groups is 1. The monoisotopic (exact) mass is 223 g/mol. The molecule has 1 atom stereocenters. The molecule has 0 saturated heterocycles. The van der Waals surface area contributed by atoms with Crippen LogP contribution >= 0.6 is 0 Å². The number of rotatable bonds is 6. The maximum atomic E-state index is 10.6. The molecule has 0 aliphatic carbocycles. The molecule has 1 heterocycles. The fourth-order valence-electron chi connectivity index (χ4n) is 1.41. The van der Waals surface area contributed by atoms with Gasteiger partial charge in [-0.05, 0) is 24.5 Å². The maximum absolute atomic E-state index is 10.6. The zero-order chi connectivity index (χ0) is 12.0. The van der Waals surface area contributed by atoms with Crippen molar-refractivity contribution in [2.24, 2.45) is 5.92 Å². The number of aromatic carboxylic acids is 1. The third-order valence-corrected chi connectivity index (χ3v) is 2.27. The SMILES string of the molecule is CCCC(C)COc1ccc(C(=O)O)nc1. The molecule has 0 aliphatic rings. The highest BCUT2D eigenvalue weighted by Gasteiger charge is 2.05. The normalized spacial score (nSPS) is 12.1. The van der Waals surface area contributed by atoms with E-state index < -0.39 is 5.97 Å². The maximum Gasteiger partial charge on any atom is 0.354 e. The third kappa shape index (κ3) is 3.88. The van der Waals surface area contributed by atoms with Gasteiger partial charge in [-0.25, -0.2) is 9.78 Å². The van der Waals surface area contributed by atoms with E-state index in [2.05, 4.69) is 18.8 Å². The van der Waals surface area contributed by atoms with Gasteiger partial charge in [0.2, 0.25) is 0 Å². The predicted molar refractivity (Wildman–Crippen MR) is 60.8 cm³/mol. The summed E-state index contributed by atoms with van der Waals surface area (Å²) in [4.78, 5) is 14.3. The lowest BCUT2D eigenvalue weighted by molar-refractivity contribution is 0.0690. The van der Waals surface area contributed by atoms with Crippen molar-refractivity contribution in [3.8, 4) is 5.75 Å². The molecule has 1 rings (SSSR count). The molecule has 1 N–H and O–H groups in total. The summed E-state index contributed by atoms with van der Waals surface area (Å²) in [6.45, 7) is 4.91. The quantitative estimate of drug-likeness (QED) is 0.805. The van der Waals surface area contributed by atoms with Gasteiger partial charge in [-0.15, -0.1) is 0 Å². The van der Waals surface area contributed by atoms with Gasteiger partial charge in [0.25, 0.3) is 0 Å². The highest BCUT2D eigenvalue weighted by Crippen LogP contribution is 2.12. The molecule has 0 bridgehead atoms. The fourth-order valence-corrected chi connectivity index (χ4v) is 1.41. The van der Waals surface area contributed by atoms with E-state index in [0.29, 0.717) is 18.3 Å². The van der Waals surface area contributed by atoms with Crippen molar-refractivity contribution in [3.05, 3.63) is 24.0 Å². The lowest BCUT2D eigenvalue weighted by Crippen LogP contribution is -2.08. The summed E-state index contributed by atoms with van der Waals surface area (Å²) in [6.07, 6.45) is 3.71. The van der Waals surface area contributed by atoms with Crippen LogP contribution in [0.1, 0.15) is 37.2 Å². The summed E-state index contributed by atoms with van der Waals surface area (Å²) in [5.41, 5.74) is 0.0361. The van der Waals surface area contributed by atoms with Crippen LogP contribution in [0.2, 0.25) is 0 Å². The van der Waals surface area contributed by atoms with Crippen molar-refractivity contribution in [1.82, 2.24) is 4.98 Å². The van der Waals surface area contributed by atoms with Crippen LogP contribution < -0.4 is 4.74 Å². The van der Waals surface area contributed by atoms with Gasteiger partial charge < -0.3 is 9.84 Å². The minimum Gasteiger partial charge on any atom is -0.492 e. The van der Waals surface area contributed by atoms with Gasteiger partial charge in [0.1, 0.15) is 11.4 Å². The molecular weight excluding hydrogens is 206 g/mol. The van der Waals surface area contributed by atoms with Crippen molar-refractivity contribution in [1.29, 1.82) is 0 Å². The standard InChI is InChI=1S/C12H17NO3/c1-3-4-9(2)8-16-10-5-6-11(12(14)15)13-7-10/h5-7,9H,3-4,8H2,1-2H3,(H,14,15). The first-order chi connectivity index (χ1) is 7.63. The van der Waals surface area contributed by atoms with E-state index in [4.69, 9.17) is 9.84 Å². The number of nitrogens with zero attached hydrogens (tertiary/aromatic N) is 1. The molecule has 4 nitrogen and oxygen atoms in total. The molecule has 0 aromatic carbocycles. The van der Waals surface area contributed by atoms with Crippen LogP contribution in [0.15, 0.2) is 18.3 Å². The van der Waals surface area contributed by atoms with Gasteiger partial charge in [0.05, 0.1) is 12.8 Å². The molecule has 1 aromatic heterocycles. The second-order valence-corrected chi connectivity index (χ2v) is 3.89. The summed E-state index contributed by atoms with van der Waals surface area (Å²) in [7, 11) is 0. The molecule has 0 saturated carbocycles. The number of ether oxygens (including phenoxy) is 1. The van der Waals surface area contributed by atoms with Gasteiger partial charge in [0.15, 0.2) is 0 Å². The van der Waals surface area contributed by atoms with Crippen LogP contribution in [0.4, 0.5) is 0 Å². The molecule has 0 radical (unpaired) electrons. The highest BCUT2D eigenvalue weighted by molar-refractivity contribution is 5.85. The number of carboxylic acid groups (broad SMARTS) is 1. The Morgan fingerprint density at radius 2 is 2.31 bits per heavy atom. The second kappa shape index (κ2) is 6.10. The first-order valence-corrected chi connectivity index (χ1v) is 5.45. The summed E-state index contributed by atoms with van der Waals surface area (Å²) in [5.74, 6) is 0.100. The van der Waals surface area contributed by atoms with Gasteiger partial charge in [-0.1, -0.05) is 20.3 Å². The molecule has 4 heteroatoms. The summed E-state index contributed by atoms with van der Waals surface area (Å²) < 4.78 is 5.50. The predicted octanol–water partition coefficient (Wildman–Crippen LogP) is 2.59. The topological polar surface area (TPSA) is 59.4 Å². The zero-order valence-electron chi connectivity index (χ0n) is 9.64. The van der Waals surface area contributed by atoms with E-state index in [-0.39, 0.29) is 5.69 Å². The number of carboxylic acids is 1. The minimum absolute atomic E-state index is 0.0361. The van der Waals surface area contributed by atoms with E-state index in [9.17, 15) is 4.79 Å². The average molecular weight is 223 g/mol. The Labute approximate surface area is 95.3 Å². The molecular formula is C12H17NO3. The van der Waals surface area contributed by atoms with Crippen molar-refractivity contribution >= 4 is 5.97 Å². The average Bonchev–Trinajstić information content (AvgIpc) is 2.27. The van der Waals surface area contributed by atoms with Crippen LogP contribution in [0.25, 0.3) is 0 Å². The number of aromatic nitrogens is 1. The second-order valence-electron chi connectivity index (χ2n) is 3.89. The Morgan fingerprint density at radius 3 is 2.81 bits per heavy atom. The fraction of sp³-hybridized carbons (Fsp3) is 0.500. The van der Waals surface area contributed by atoms with E-state index in [1.807, 2.05) is 0 Å². The smallest absolute Gasteiger partial charge is 0.354 e. The first-order valence-electron chi connectivity index (χ1n) is 5.45. The van der Waals surface area contributed by atoms with Crippen LogP contribution in [0, 0.1) is 5.92 Å². The van der Waals surface area contributed by atoms with E-state index >= 15 is 0 Å². The van der Waals surface area contributed by atoms with E-state index in [0.717, 1.165) is 12.8 Å². The molecule has 0 amide bonds. The summed E-state index contributed by atoms with van der Waals surface area (Å²) in [5, 5.41) is 8.66. The van der Waals surface area contributed by atoms with Gasteiger partial charge >= 0.3 is 5.97 Å². The van der Waals surface area contributed by atoms with Gasteiger partial charge in [-0.2, -0.15) is 0 Å². The summed E-state index contributed by atoms with van der Waals surface area (Å²) in [6, 6.07) is 3.08. The number of hydrogen-bond donors (Lipinski definition) is 1. The molecule has 0 aliphatic heterocycles. The van der Waals surface area contributed by atoms with Gasteiger partial charge in [0, 0.05) is 0 Å². The van der Waals surface area contributed by atoms with E-state index in [1.165, 1.54) is 12.3 Å². The Kier molecular flexibility index (Phi) is 4.76. The van der Waals surface area contributed by atoms with Crippen LogP contribution in [-0.4, -0.2) is 22.7 Å². The lowest BCUT2D eigenvalue weighted by Gasteiger charge is -2.11. The Balaban J connectivity index is 2.46. The van der Waals surface area contributed by atoms with Crippen LogP contribution in [0.3, 0.4) is 0 Å². The van der Waals surface area contributed by atoms with Crippen LogP contribution in [-0.2, 0) is 0 Å². The largest absolute Gasteiger partial charge is 0.492 e. The summed E-state index contributed by atoms with van der Waals surface area (Å²) >= 11 is 0. The Hall–Kier alpha value is -1.58. The van der Waals surface area contributed by atoms with Crippen LogP contribution in [0.5, 0.6) is 5.75 Å². The van der Waals surface area contributed by atoms with Crippen molar-refractivity contribution < 1.29 is 14.6 Å². The lowest BCUT2D eigenvalue weighted by atomic mass is 10.1. The molecule has 88 valence electrons. The molecule has 0 spiro atoms. The van der Waals surface area contributed by atoms with Crippen molar-refractivity contribution in [2.45, 2.75) is 26.7 Å². The van der Waals surface area contributed by atoms with Gasteiger partial charge in [-0.3, -0.25) is 0 Å². The van der Waals surface area contributed by atoms with Crippen molar-refractivity contribution in [2.75, 3.05) is 6.61 Å². The zero-order valence-corrected chi connectivity index (χ0v) is 9.64. The van der Waals surface area contributed by atoms with E-state index in [1.54, 1.807) is 6.07 Å². The molecule has 0 fully saturated rings. The Bertz CT molecular complexity index is 335. The highest BCUT2D eigenvalue weighted by atomic mass is 16.5. The molecule has 16 heavy (non-hydrogen) atoms. The third-order valence-electron chi connectivity index (χ3n) is 2.27. The first kappa shape index (κ1) is 12.5. The molecule has 1 unspecified atom stereocenters. The number of hydrogen-bond acceptors (Lipinski definition) is 3. The minimum atomic E-state index is -1.02. The number of pyridine rings is 1. The van der Waals surface area contributed by atoms with Crippen molar-refractivity contribution in [3.63, 3.8) is 0 Å². The Morgan fingerprint density at radius 1 is 1.56 bits per heavy atom.